The van der Waals surface area contributed by atoms with Crippen LogP contribution < -0.4 is 5.32 Å². The van der Waals surface area contributed by atoms with Gasteiger partial charge in [0.15, 0.2) is 0 Å². The molecular formula is C8H19NO. The van der Waals surface area contributed by atoms with E-state index in [1.54, 1.807) is 7.11 Å². The summed E-state index contributed by atoms with van der Waals surface area (Å²) in [6.45, 7) is 8.35. The molecule has 0 bridgehead atoms. The van der Waals surface area contributed by atoms with Crippen LogP contribution in [0.1, 0.15) is 20.8 Å². The third-order valence-electron chi connectivity index (χ3n) is 1.62. The first-order valence-corrected chi connectivity index (χ1v) is 3.94. The monoisotopic (exact) mass is 145 g/mol. The molecule has 1 unspecified atom stereocenters. The van der Waals surface area contributed by atoms with Gasteiger partial charge in [-0.1, -0.05) is 20.8 Å². The second-order valence-electron chi connectivity index (χ2n) is 2.86. The first-order valence-electron chi connectivity index (χ1n) is 3.94. The molecule has 10 heavy (non-hydrogen) atoms. The van der Waals surface area contributed by atoms with E-state index in [2.05, 4.69) is 26.1 Å². The third-order valence-corrected chi connectivity index (χ3v) is 1.62. The number of hydrogen-bond acceptors (Lipinski definition) is 2. The number of nitrogens with one attached hydrogen (secondary N) is 1. The molecule has 1 N–H and O–H groups in total. The Morgan fingerprint density at radius 2 is 2.00 bits per heavy atom. The molecule has 0 amide bonds. The summed E-state index contributed by atoms with van der Waals surface area (Å²) in [5.41, 5.74) is 0. The highest BCUT2D eigenvalue weighted by Crippen LogP contribution is 2.00. The Balaban J connectivity index is 3.50. The molecule has 1 atom stereocenters. The zero-order valence-corrected chi connectivity index (χ0v) is 7.48. The Hall–Kier alpha value is -0.0800. The van der Waals surface area contributed by atoms with E-state index in [1.165, 1.54) is 0 Å². The SMILES string of the molecule is CCNC(COC)C(C)C. The molecule has 2 heteroatoms. The molecule has 0 aromatic rings. The summed E-state index contributed by atoms with van der Waals surface area (Å²) in [7, 11) is 1.74. The molecule has 0 aliphatic carbocycles. The Bertz CT molecular complexity index is 67.7. The summed E-state index contributed by atoms with van der Waals surface area (Å²) in [5, 5.41) is 3.36. The Morgan fingerprint density at radius 1 is 1.40 bits per heavy atom. The van der Waals surface area contributed by atoms with Gasteiger partial charge >= 0.3 is 0 Å². The maximum absolute atomic E-state index is 5.06. The topological polar surface area (TPSA) is 21.3 Å². The number of likely N-dealkylation sites (N-methyl/N-ethyl adjacent to an activating group) is 1. The van der Waals surface area contributed by atoms with Crippen molar-refractivity contribution >= 4 is 0 Å². The van der Waals surface area contributed by atoms with Crippen molar-refractivity contribution in [2.45, 2.75) is 26.8 Å². The fraction of sp³-hybridized carbons (Fsp3) is 1.00. The molecule has 0 aromatic carbocycles. The molecule has 0 rings (SSSR count). The summed E-state index contributed by atoms with van der Waals surface area (Å²) in [6, 6.07) is 0.509. The number of rotatable bonds is 5. The molecule has 0 heterocycles. The molecule has 0 fully saturated rings. The van der Waals surface area contributed by atoms with Gasteiger partial charge < -0.3 is 10.1 Å². The van der Waals surface area contributed by atoms with Crippen molar-refractivity contribution < 1.29 is 4.74 Å². The van der Waals surface area contributed by atoms with Gasteiger partial charge in [0, 0.05) is 13.2 Å². The molecule has 0 radical (unpaired) electrons. The largest absolute Gasteiger partial charge is 0.383 e. The zero-order chi connectivity index (χ0) is 7.98. The van der Waals surface area contributed by atoms with Crippen molar-refractivity contribution in [3.63, 3.8) is 0 Å². The first kappa shape index (κ1) is 9.92. The summed E-state index contributed by atoms with van der Waals surface area (Å²) in [6.07, 6.45) is 0. The average molecular weight is 145 g/mol. The summed E-state index contributed by atoms with van der Waals surface area (Å²) >= 11 is 0. The molecule has 0 aromatic heterocycles. The van der Waals surface area contributed by atoms with Gasteiger partial charge in [0.2, 0.25) is 0 Å². The van der Waals surface area contributed by atoms with E-state index < -0.39 is 0 Å². The number of hydrogen-bond donors (Lipinski definition) is 1. The molecule has 0 aliphatic rings. The van der Waals surface area contributed by atoms with Crippen molar-refractivity contribution in [2.75, 3.05) is 20.3 Å². The van der Waals surface area contributed by atoms with Gasteiger partial charge in [-0.3, -0.25) is 0 Å². The van der Waals surface area contributed by atoms with Crippen LogP contribution in [0.25, 0.3) is 0 Å². The highest BCUT2D eigenvalue weighted by Gasteiger charge is 2.09. The van der Waals surface area contributed by atoms with Crippen molar-refractivity contribution in [1.29, 1.82) is 0 Å². The lowest BCUT2D eigenvalue weighted by atomic mass is 10.1. The van der Waals surface area contributed by atoms with Gasteiger partial charge in [0.25, 0.3) is 0 Å². The van der Waals surface area contributed by atoms with E-state index in [0.717, 1.165) is 13.2 Å². The number of methoxy groups -OCH3 is 1. The molecule has 0 saturated carbocycles. The summed E-state index contributed by atoms with van der Waals surface area (Å²) in [5.74, 6) is 0.653. The van der Waals surface area contributed by atoms with Crippen molar-refractivity contribution in [2.24, 2.45) is 5.92 Å². The Labute approximate surface area is 64.0 Å². The molecule has 2 nitrogen and oxygen atoms in total. The second kappa shape index (κ2) is 5.69. The summed E-state index contributed by atoms with van der Waals surface area (Å²) < 4.78 is 5.06. The quantitative estimate of drug-likeness (QED) is 0.629. The second-order valence-corrected chi connectivity index (χ2v) is 2.86. The molecule has 0 saturated heterocycles. The van der Waals surface area contributed by atoms with Gasteiger partial charge in [-0.05, 0) is 12.5 Å². The van der Waals surface area contributed by atoms with Crippen LogP contribution in [0.4, 0.5) is 0 Å². The lowest BCUT2D eigenvalue weighted by Crippen LogP contribution is -2.37. The van der Waals surface area contributed by atoms with Crippen LogP contribution >= 0.6 is 0 Å². The minimum absolute atomic E-state index is 0.509. The van der Waals surface area contributed by atoms with Crippen molar-refractivity contribution in [3.05, 3.63) is 0 Å². The lowest BCUT2D eigenvalue weighted by molar-refractivity contribution is 0.148. The molecular weight excluding hydrogens is 126 g/mol. The number of ether oxygens (including phenoxy) is 1. The highest BCUT2D eigenvalue weighted by atomic mass is 16.5. The van der Waals surface area contributed by atoms with E-state index in [0.29, 0.717) is 12.0 Å². The van der Waals surface area contributed by atoms with Crippen LogP contribution in [0, 0.1) is 5.92 Å². The van der Waals surface area contributed by atoms with E-state index >= 15 is 0 Å². The normalized spacial score (nSPS) is 14.1. The van der Waals surface area contributed by atoms with E-state index in [1.807, 2.05) is 0 Å². The third kappa shape index (κ3) is 3.85. The molecule has 0 spiro atoms. The van der Waals surface area contributed by atoms with Crippen molar-refractivity contribution in [3.8, 4) is 0 Å². The summed E-state index contributed by atoms with van der Waals surface area (Å²) in [4.78, 5) is 0. The van der Waals surface area contributed by atoms with E-state index in [9.17, 15) is 0 Å². The van der Waals surface area contributed by atoms with Crippen LogP contribution in [0.2, 0.25) is 0 Å². The van der Waals surface area contributed by atoms with Gasteiger partial charge in [0.1, 0.15) is 0 Å². The predicted octanol–water partition coefficient (Wildman–Crippen LogP) is 1.27. The maximum atomic E-state index is 5.06. The highest BCUT2D eigenvalue weighted by molar-refractivity contribution is 4.68. The van der Waals surface area contributed by atoms with Gasteiger partial charge in [-0.15, -0.1) is 0 Å². The Kier molecular flexibility index (Phi) is 5.64. The van der Waals surface area contributed by atoms with Gasteiger partial charge in [-0.25, -0.2) is 0 Å². The van der Waals surface area contributed by atoms with Crippen LogP contribution in [0.5, 0.6) is 0 Å². The fourth-order valence-corrected chi connectivity index (χ4v) is 0.929. The van der Waals surface area contributed by atoms with Crippen LogP contribution in [-0.2, 0) is 4.74 Å². The van der Waals surface area contributed by atoms with E-state index in [-0.39, 0.29) is 0 Å². The molecule has 0 aliphatic heterocycles. The smallest absolute Gasteiger partial charge is 0.0618 e. The van der Waals surface area contributed by atoms with Crippen LogP contribution in [-0.4, -0.2) is 26.3 Å². The average Bonchev–Trinajstić information content (AvgIpc) is 1.87. The van der Waals surface area contributed by atoms with Crippen molar-refractivity contribution in [1.82, 2.24) is 5.32 Å². The van der Waals surface area contributed by atoms with Gasteiger partial charge in [0.05, 0.1) is 6.61 Å². The Morgan fingerprint density at radius 3 is 2.30 bits per heavy atom. The standard InChI is InChI=1S/C8H19NO/c1-5-9-8(6-10-4)7(2)3/h7-9H,5-6H2,1-4H3. The zero-order valence-electron chi connectivity index (χ0n) is 7.48. The minimum atomic E-state index is 0.509. The lowest BCUT2D eigenvalue weighted by Gasteiger charge is -2.20. The molecule has 62 valence electrons. The minimum Gasteiger partial charge on any atom is -0.383 e. The fourth-order valence-electron chi connectivity index (χ4n) is 0.929. The van der Waals surface area contributed by atoms with Gasteiger partial charge in [-0.2, -0.15) is 0 Å². The van der Waals surface area contributed by atoms with Crippen LogP contribution in [0.3, 0.4) is 0 Å². The maximum Gasteiger partial charge on any atom is 0.0618 e. The van der Waals surface area contributed by atoms with E-state index in [4.69, 9.17) is 4.74 Å². The first-order chi connectivity index (χ1) is 4.72. The van der Waals surface area contributed by atoms with Crippen LogP contribution in [0.15, 0.2) is 0 Å². The predicted molar refractivity (Wildman–Crippen MR) is 44.2 cm³/mol.